The molecule has 1 aromatic carbocycles. The zero-order valence-corrected chi connectivity index (χ0v) is 14.3. The van der Waals surface area contributed by atoms with Crippen LogP contribution in [0.2, 0.25) is 0 Å². The number of carbonyl (C=O) groups excluding carboxylic acids is 2. The van der Waals surface area contributed by atoms with Crippen molar-refractivity contribution in [2.24, 2.45) is 0 Å². The monoisotopic (exact) mass is 356 g/mol. The van der Waals surface area contributed by atoms with Gasteiger partial charge in [-0.15, -0.1) is 0 Å². The molecule has 2 aromatic rings. The molecule has 0 spiro atoms. The van der Waals surface area contributed by atoms with Gasteiger partial charge in [-0.2, -0.15) is 0 Å². The van der Waals surface area contributed by atoms with E-state index >= 15 is 0 Å². The third kappa shape index (κ3) is 3.77. The van der Waals surface area contributed by atoms with Gasteiger partial charge in [-0.1, -0.05) is 24.3 Å². The van der Waals surface area contributed by atoms with Crippen LogP contribution in [-0.4, -0.2) is 39.9 Å². The number of amides is 2. The first-order chi connectivity index (χ1) is 12.5. The predicted octanol–water partition coefficient (Wildman–Crippen LogP) is 1.83. The van der Waals surface area contributed by atoms with Crippen molar-refractivity contribution in [2.45, 2.75) is 38.4 Å². The summed E-state index contributed by atoms with van der Waals surface area (Å²) in [7, 11) is 0. The maximum absolute atomic E-state index is 12.8. The zero-order chi connectivity index (χ0) is 18.7. The van der Waals surface area contributed by atoms with E-state index in [-0.39, 0.29) is 24.0 Å². The van der Waals surface area contributed by atoms with Crippen LogP contribution in [0.5, 0.6) is 0 Å². The number of carbonyl (C=O) groups is 3. The molecule has 2 N–H and O–H groups in total. The average Bonchev–Trinajstić information content (AvgIpc) is 3.13. The van der Waals surface area contributed by atoms with Crippen molar-refractivity contribution in [1.29, 1.82) is 0 Å². The first-order valence-electron chi connectivity index (χ1n) is 8.39. The van der Waals surface area contributed by atoms with Gasteiger partial charge in [0.1, 0.15) is 6.04 Å². The molecule has 2 amide bonds. The van der Waals surface area contributed by atoms with Crippen LogP contribution >= 0.6 is 0 Å². The van der Waals surface area contributed by atoms with E-state index in [1.54, 1.807) is 19.1 Å². The van der Waals surface area contributed by atoms with Crippen molar-refractivity contribution in [1.82, 2.24) is 10.2 Å². The molecule has 136 valence electrons. The van der Waals surface area contributed by atoms with E-state index in [1.165, 1.54) is 11.2 Å². The van der Waals surface area contributed by atoms with E-state index in [0.717, 1.165) is 11.1 Å². The second-order valence-electron chi connectivity index (χ2n) is 6.41. The first kappa shape index (κ1) is 17.7. The van der Waals surface area contributed by atoms with Crippen LogP contribution in [0, 0.1) is 0 Å². The van der Waals surface area contributed by atoms with E-state index in [1.807, 2.05) is 24.3 Å². The third-order valence-corrected chi connectivity index (χ3v) is 4.41. The lowest BCUT2D eigenvalue weighted by Gasteiger charge is -2.36. The van der Waals surface area contributed by atoms with Crippen molar-refractivity contribution < 1.29 is 23.9 Å². The average molecular weight is 356 g/mol. The van der Waals surface area contributed by atoms with E-state index in [2.05, 4.69) is 5.32 Å². The minimum Gasteiger partial charge on any atom is -0.481 e. The number of fused-ring (bicyclic) bond motifs is 1. The number of carboxylic acids is 1. The minimum absolute atomic E-state index is 0.167. The Kier molecular flexibility index (Phi) is 5.06. The first-order valence-corrected chi connectivity index (χ1v) is 8.39. The lowest BCUT2D eigenvalue weighted by Crippen LogP contribution is -2.54. The maximum atomic E-state index is 12.8. The second kappa shape index (κ2) is 7.43. The molecule has 0 aliphatic carbocycles. The van der Waals surface area contributed by atoms with Crippen LogP contribution < -0.4 is 5.32 Å². The van der Waals surface area contributed by atoms with Crippen LogP contribution in [-0.2, 0) is 22.6 Å². The fraction of sp³-hybridized carbons (Fsp3) is 0.316. The largest absolute Gasteiger partial charge is 0.481 e. The second-order valence-corrected chi connectivity index (χ2v) is 6.41. The van der Waals surface area contributed by atoms with Crippen molar-refractivity contribution >= 4 is 17.8 Å². The van der Waals surface area contributed by atoms with E-state index in [0.29, 0.717) is 13.0 Å². The Labute approximate surface area is 150 Å². The van der Waals surface area contributed by atoms with Crippen molar-refractivity contribution in [3.8, 4) is 0 Å². The standard InChI is InChI=1S/C19H20N2O5/c1-12(9-17(22)23)20-18(24)15-10-13-5-2-3-6-14(13)11-21(15)19(25)16-7-4-8-26-16/h2-8,12,15H,9-11H2,1H3,(H,20,24)(H,22,23). The molecule has 0 saturated carbocycles. The van der Waals surface area contributed by atoms with Crippen LogP contribution in [0.25, 0.3) is 0 Å². The van der Waals surface area contributed by atoms with Crippen LogP contribution in [0.15, 0.2) is 47.1 Å². The molecule has 2 atom stereocenters. The molecule has 1 aliphatic rings. The molecule has 26 heavy (non-hydrogen) atoms. The highest BCUT2D eigenvalue weighted by atomic mass is 16.4. The van der Waals surface area contributed by atoms with Crippen LogP contribution in [0.1, 0.15) is 35.0 Å². The van der Waals surface area contributed by atoms with Gasteiger partial charge < -0.3 is 19.7 Å². The Morgan fingerprint density at radius 1 is 1.23 bits per heavy atom. The van der Waals surface area contributed by atoms with Gasteiger partial charge >= 0.3 is 5.97 Å². The summed E-state index contributed by atoms with van der Waals surface area (Å²) < 4.78 is 5.20. The highest BCUT2D eigenvalue weighted by Gasteiger charge is 2.36. The third-order valence-electron chi connectivity index (χ3n) is 4.41. The summed E-state index contributed by atoms with van der Waals surface area (Å²) in [5.41, 5.74) is 1.98. The highest BCUT2D eigenvalue weighted by Crippen LogP contribution is 2.25. The Balaban J connectivity index is 1.85. The topological polar surface area (TPSA) is 99.9 Å². The Morgan fingerprint density at radius 2 is 1.96 bits per heavy atom. The van der Waals surface area contributed by atoms with Crippen LogP contribution in [0.3, 0.4) is 0 Å². The van der Waals surface area contributed by atoms with Gasteiger partial charge in [-0.3, -0.25) is 14.4 Å². The molecule has 1 aliphatic heterocycles. The minimum atomic E-state index is -0.990. The summed E-state index contributed by atoms with van der Waals surface area (Å²) in [6.45, 7) is 1.92. The molecule has 2 unspecified atom stereocenters. The zero-order valence-electron chi connectivity index (χ0n) is 14.3. The van der Waals surface area contributed by atoms with Crippen molar-refractivity contribution in [3.63, 3.8) is 0 Å². The molecule has 7 nitrogen and oxygen atoms in total. The Hall–Kier alpha value is -3.09. The summed E-state index contributed by atoms with van der Waals surface area (Å²) in [6.07, 6.45) is 1.60. The number of nitrogens with zero attached hydrogens (tertiary/aromatic N) is 1. The number of hydrogen-bond acceptors (Lipinski definition) is 4. The molecule has 2 heterocycles. The van der Waals surface area contributed by atoms with E-state index < -0.39 is 18.1 Å². The molecule has 0 saturated heterocycles. The van der Waals surface area contributed by atoms with E-state index in [4.69, 9.17) is 9.52 Å². The molecular weight excluding hydrogens is 336 g/mol. The normalized spacial score (nSPS) is 17.3. The molecule has 0 radical (unpaired) electrons. The molecule has 3 rings (SSSR count). The fourth-order valence-corrected chi connectivity index (χ4v) is 3.16. The Morgan fingerprint density at radius 3 is 2.62 bits per heavy atom. The number of furan rings is 1. The maximum Gasteiger partial charge on any atom is 0.305 e. The fourth-order valence-electron chi connectivity index (χ4n) is 3.16. The Bertz CT molecular complexity index is 815. The number of aliphatic carboxylic acids is 1. The lowest BCUT2D eigenvalue weighted by atomic mass is 9.93. The van der Waals surface area contributed by atoms with Gasteiger partial charge in [-0.05, 0) is 30.2 Å². The molecule has 1 aromatic heterocycles. The summed E-state index contributed by atoms with van der Waals surface area (Å²) in [6, 6.07) is 9.58. The van der Waals surface area contributed by atoms with Gasteiger partial charge in [0.15, 0.2) is 5.76 Å². The number of carboxylic acid groups (broad SMARTS) is 1. The number of benzene rings is 1. The molecule has 0 bridgehead atoms. The van der Waals surface area contributed by atoms with Gasteiger partial charge in [0.25, 0.3) is 5.91 Å². The number of hydrogen-bond donors (Lipinski definition) is 2. The molecular formula is C19H20N2O5. The highest BCUT2D eigenvalue weighted by molar-refractivity contribution is 5.96. The van der Waals surface area contributed by atoms with Gasteiger partial charge in [0.05, 0.1) is 12.7 Å². The summed E-state index contributed by atoms with van der Waals surface area (Å²) in [5, 5.41) is 11.6. The number of rotatable bonds is 5. The smallest absolute Gasteiger partial charge is 0.305 e. The van der Waals surface area contributed by atoms with Crippen molar-refractivity contribution in [3.05, 3.63) is 59.5 Å². The van der Waals surface area contributed by atoms with Gasteiger partial charge in [-0.25, -0.2) is 0 Å². The summed E-state index contributed by atoms with van der Waals surface area (Å²) in [5.74, 6) is -1.56. The quantitative estimate of drug-likeness (QED) is 0.851. The lowest BCUT2D eigenvalue weighted by molar-refractivity contribution is -0.137. The SMILES string of the molecule is CC(CC(=O)O)NC(=O)C1Cc2ccccc2CN1C(=O)c1ccco1. The van der Waals surface area contributed by atoms with Gasteiger partial charge in [0.2, 0.25) is 5.91 Å². The van der Waals surface area contributed by atoms with E-state index in [9.17, 15) is 14.4 Å². The van der Waals surface area contributed by atoms with Gasteiger partial charge in [0, 0.05) is 19.0 Å². The number of nitrogens with one attached hydrogen (secondary N) is 1. The van der Waals surface area contributed by atoms with Crippen LogP contribution in [0.4, 0.5) is 0 Å². The molecule has 7 heteroatoms. The van der Waals surface area contributed by atoms with Crippen molar-refractivity contribution in [2.75, 3.05) is 0 Å². The summed E-state index contributed by atoms with van der Waals surface area (Å²) in [4.78, 5) is 37.9. The summed E-state index contributed by atoms with van der Waals surface area (Å²) >= 11 is 0. The molecule has 0 fully saturated rings. The predicted molar refractivity (Wildman–Crippen MR) is 92.4 cm³/mol.